The van der Waals surface area contributed by atoms with E-state index in [0.717, 1.165) is 21.2 Å². The molecule has 2 aromatic carbocycles. The molecule has 0 unspecified atom stereocenters. The molecule has 0 aliphatic heterocycles. The Morgan fingerprint density at radius 2 is 2.00 bits per heavy atom. The SMILES string of the molecule is COc1ccc(C)cc1NC(=O)Cn1cnc2scc(-c3ccc(Br)cc3)c2c1=O. The Hall–Kier alpha value is -2.97. The minimum atomic E-state index is -0.331. The van der Waals surface area contributed by atoms with Crippen LogP contribution in [-0.2, 0) is 11.3 Å². The summed E-state index contributed by atoms with van der Waals surface area (Å²) >= 11 is 4.84. The minimum absolute atomic E-state index is 0.144. The van der Waals surface area contributed by atoms with E-state index < -0.39 is 0 Å². The Morgan fingerprint density at radius 3 is 2.73 bits per heavy atom. The number of nitrogens with zero attached hydrogens (tertiary/aromatic N) is 2. The molecule has 2 aromatic heterocycles. The van der Waals surface area contributed by atoms with Crippen molar-refractivity contribution in [3.05, 3.63) is 74.6 Å². The molecule has 6 nitrogen and oxygen atoms in total. The fraction of sp³-hybridized carbons (Fsp3) is 0.136. The number of fused-ring (bicyclic) bond motifs is 1. The lowest BCUT2D eigenvalue weighted by Crippen LogP contribution is -2.28. The van der Waals surface area contributed by atoms with Crippen molar-refractivity contribution in [2.24, 2.45) is 0 Å². The fourth-order valence-electron chi connectivity index (χ4n) is 3.19. The average Bonchev–Trinajstić information content (AvgIpc) is 3.16. The van der Waals surface area contributed by atoms with E-state index in [1.54, 1.807) is 13.2 Å². The number of methoxy groups -OCH3 is 1. The van der Waals surface area contributed by atoms with Gasteiger partial charge in [-0.25, -0.2) is 4.98 Å². The Morgan fingerprint density at radius 1 is 1.23 bits per heavy atom. The number of anilines is 1. The number of halogens is 1. The van der Waals surface area contributed by atoms with E-state index in [1.165, 1.54) is 22.2 Å². The summed E-state index contributed by atoms with van der Waals surface area (Å²) in [5.74, 6) is 0.229. The molecule has 0 saturated heterocycles. The van der Waals surface area contributed by atoms with Crippen molar-refractivity contribution < 1.29 is 9.53 Å². The quantitative estimate of drug-likeness (QED) is 0.440. The maximum absolute atomic E-state index is 13.1. The molecule has 0 fully saturated rings. The number of thiophene rings is 1. The molecule has 0 aliphatic carbocycles. The molecule has 1 N–H and O–H groups in total. The van der Waals surface area contributed by atoms with Crippen molar-refractivity contribution in [2.45, 2.75) is 13.5 Å². The molecule has 0 saturated carbocycles. The highest BCUT2D eigenvalue weighted by molar-refractivity contribution is 9.10. The van der Waals surface area contributed by atoms with Gasteiger partial charge in [0.15, 0.2) is 0 Å². The van der Waals surface area contributed by atoms with Crippen LogP contribution in [0.3, 0.4) is 0 Å². The number of hydrogen-bond donors (Lipinski definition) is 1. The van der Waals surface area contributed by atoms with Gasteiger partial charge < -0.3 is 10.1 Å². The van der Waals surface area contributed by atoms with Gasteiger partial charge in [0.1, 0.15) is 17.1 Å². The van der Waals surface area contributed by atoms with Gasteiger partial charge in [-0.2, -0.15) is 0 Å². The predicted octanol–water partition coefficient (Wildman–Crippen LogP) is 4.84. The minimum Gasteiger partial charge on any atom is -0.495 e. The third-order valence-electron chi connectivity index (χ3n) is 4.66. The molecule has 152 valence electrons. The molecule has 4 aromatic rings. The van der Waals surface area contributed by atoms with Crippen LogP contribution in [-0.4, -0.2) is 22.6 Å². The van der Waals surface area contributed by atoms with Crippen molar-refractivity contribution in [1.29, 1.82) is 0 Å². The molecule has 0 atom stereocenters. The van der Waals surface area contributed by atoms with E-state index >= 15 is 0 Å². The monoisotopic (exact) mass is 483 g/mol. The first-order valence-corrected chi connectivity index (χ1v) is 10.8. The average molecular weight is 484 g/mol. The molecular formula is C22H18BrN3O3S. The first-order valence-electron chi connectivity index (χ1n) is 9.13. The van der Waals surface area contributed by atoms with Gasteiger partial charge in [0.2, 0.25) is 5.91 Å². The van der Waals surface area contributed by atoms with E-state index in [0.29, 0.717) is 21.7 Å². The normalized spacial score (nSPS) is 10.9. The summed E-state index contributed by atoms with van der Waals surface area (Å²) < 4.78 is 7.59. The Labute approximate surface area is 185 Å². The van der Waals surface area contributed by atoms with E-state index in [2.05, 4.69) is 26.2 Å². The van der Waals surface area contributed by atoms with Crippen LogP contribution >= 0.6 is 27.3 Å². The third-order valence-corrected chi connectivity index (χ3v) is 6.07. The van der Waals surface area contributed by atoms with Crippen molar-refractivity contribution >= 4 is 49.1 Å². The number of ether oxygens (including phenoxy) is 1. The summed E-state index contributed by atoms with van der Waals surface area (Å²) in [6.45, 7) is 1.78. The number of nitrogens with one attached hydrogen (secondary N) is 1. The largest absolute Gasteiger partial charge is 0.495 e. The Kier molecular flexibility index (Phi) is 5.69. The molecule has 8 heteroatoms. The summed E-state index contributed by atoms with van der Waals surface area (Å²) in [5, 5.41) is 5.26. The van der Waals surface area contributed by atoms with E-state index in [9.17, 15) is 9.59 Å². The zero-order valence-corrected chi connectivity index (χ0v) is 18.7. The summed E-state index contributed by atoms with van der Waals surface area (Å²) in [6, 6.07) is 13.3. The van der Waals surface area contributed by atoms with Crippen molar-refractivity contribution in [2.75, 3.05) is 12.4 Å². The molecule has 1 amide bonds. The lowest BCUT2D eigenvalue weighted by Gasteiger charge is -2.12. The third kappa shape index (κ3) is 4.01. The first kappa shape index (κ1) is 20.3. The number of carbonyl (C=O) groups is 1. The fourth-order valence-corrected chi connectivity index (χ4v) is 4.36. The van der Waals surface area contributed by atoms with Crippen LogP contribution in [0.15, 0.2) is 63.4 Å². The standard InChI is InChI=1S/C22H18BrN3O3S/c1-13-3-8-18(29-2)17(9-13)25-19(27)10-26-12-24-21-20(22(26)28)16(11-30-21)14-4-6-15(23)7-5-14/h3-9,11-12H,10H2,1-2H3,(H,25,27). The van der Waals surface area contributed by atoms with Crippen LogP contribution in [0.5, 0.6) is 5.75 Å². The summed E-state index contributed by atoms with van der Waals surface area (Å²) in [4.78, 5) is 30.8. The van der Waals surface area contributed by atoms with Gasteiger partial charge >= 0.3 is 0 Å². The van der Waals surface area contributed by atoms with Crippen molar-refractivity contribution in [3.8, 4) is 16.9 Å². The van der Waals surface area contributed by atoms with Crippen LogP contribution in [0.25, 0.3) is 21.3 Å². The summed E-state index contributed by atoms with van der Waals surface area (Å²) in [5.41, 5.74) is 3.05. The van der Waals surface area contributed by atoms with Crippen LogP contribution in [0, 0.1) is 6.92 Å². The summed E-state index contributed by atoms with van der Waals surface area (Å²) in [7, 11) is 1.54. The highest BCUT2D eigenvalue weighted by Crippen LogP contribution is 2.31. The van der Waals surface area contributed by atoms with Crippen molar-refractivity contribution in [3.63, 3.8) is 0 Å². The molecule has 30 heavy (non-hydrogen) atoms. The Balaban J connectivity index is 1.65. The van der Waals surface area contributed by atoms with Gasteiger partial charge in [0.05, 0.1) is 24.5 Å². The maximum Gasteiger partial charge on any atom is 0.263 e. The van der Waals surface area contributed by atoms with Gasteiger partial charge in [0.25, 0.3) is 5.56 Å². The Bertz CT molecular complexity index is 1300. The second-order valence-corrected chi connectivity index (χ2v) is 8.54. The van der Waals surface area contributed by atoms with Gasteiger partial charge in [-0.15, -0.1) is 11.3 Å². The maximum atomic E-state index is 13.1. The lowest BCUT2D eigenvalue weighted by atomic mass is 10.1. The molecule has 2 heterocycles. The van der Waals surface area contributed by atoms with E-state index in [4.69, 9.17) is 4.74 Å². The van der Waals surface area contributed by atoms with Crippen molar-refractivity contribution in [1.82, 2.24) is 9.55 Å². The molecule has 0 radical (unpaired) electrons. The van der Waals surface area contributed by atoms with E-state index in [-0.39, 0.29) is 18.0 Å². The predicted molar refractivity (Wildman–Crippen MR) is 123 cm³/mol. The number of hydrogen-bond acceptors (Lipinski definition) is 5. The number of aryl methyl sites for hydroxylation is 1. The molecule has 4 rings (SSSR count). The van der Waals surface area contributed by atoms with E-state index in [1.807, 2.05) is 48.7 Å². The van der Waals surface area contributed by atoms with Crippen LogP contribution in [0.4, 0.5) is 5.69 Å². The topological polar surface area (TPSA) is 73.2 Å². The van der Waals surface area contributed by atoms with Gasteiger partial charge in [-0.05, 0) is 42.3 Å². The smallest absolute Gasteiger partial charge is 0.263 e. The lowest BCUT2D eigenvalue weighted by molar-refractivity contribution is -0.116. The number of carbonyl (C=O) groups excluding carboxylic acids is 1. The van der Waals surface area contributed by atoms with Crippen LogP contribution < -0.4 is 15.6 Å². The molecular weight excluding hydrogens is 466 g/mol. The zero-order chi connectivity index (χ0) is 21.3. The second-order valence-electron chi connectivity index (χ2n) is 6.77. The highest BCUT2D eigenvalue weighted by atomic mass is 79.9. The molecule has 0 bridgehead atoms. The van der Waals surface area contributed by atoms with Crippen LogP contribution in [0.2, 0.25) is 0 Å². The van der Waals surface area contributed by atoms with Gasteiger partial charge in [0, 0.05) is 15.4 Å². The zero-order valence-electron chi connectivity index (χ0n) is 16.3. The highest BCUT2D eigenvalue weighted by Gasteiger charge is 2.15. The second kappa shape index (κ2) is 8.41. The molecule has 0 spiro atoms. The number of rotatable bonds is 5. The molecule has 0 aliphatic rings. The van der Waals surface area contributed by atoms with Gasteiger partial charge in [-0.1, -0.05) is 34.1 Å². The first-order chi connectivity index (χ1) is 14.5. The van der Waals surface area contributed by atoms with Crippen LogP contribution in [0.1, 0.15) is 5.56 Å². The number of aromatic nitrogens is 2. The summed E-state index contributed by atoms with van der Waals surface area (Å²) in [6.07, 6.45) is 1.42. The number of amides is 1. The number of benzene rings is 2. The van der Waals surface area contributed by atoms with Gasteiger partial charge in [-0.3, -0.25) is 14.2 Å².